The van der Waals surface area contributed by atoms with Gasteiger partial charge in [0.05, 0.1) is 29.2 Å². The number of nitrogens with zero attached hydrogens (tertiary/aromatic N) is 4. The van der Waals surface area contributed by atoms with E-state index >= 15 is 0 Å². The SMILES string of the molecule is CCc1nc2ccc(OC)cc2n1CC(=O)O[C@@H]1CC(C)CC(c2cc(C)cc3c2nc(CC)n3CC(=O)O[C@@H]2CC(C)CC[C@H]2C(C)C)C1C(C)C. The molecule has 9 nitrogen and oxygen atoms in total. The Labute approximate surface area is 316 Å². The highest BCUT2D eigenvalue weighted by Gasteiger charge is 2.42. The van der Waals surface area contributed by atoms with E-state index < -0.39 is 0 Å². The van der Waals surface area contributed by atoms with Gasteiger partial charge in [-0.15, -0.1) is 0 Å². The number of benzene rings is 2. The van der Waals surface area contributed by atoms with E-state index in [-0.39, 0.29) is 55.0 Å². The lowest BCUT2D eigenvalue weighted by Crippen LogP contribution is -2.41. The van der Waals surface area contributed by atoms with Crippen molar-refractivity contribution >= 4 is 34.0 Å². The van der Waals surface area contributed by atoms with Gasteiger partial charge in [-0.2, -0.15) is 0 Å². The number of fused-ring (bicyclic) bond motifs is 2. The Morgan fingerprint density at radius 2 is 1.43 bits per heavy atom. The summed E-state index contributed by atoms with van der Waals surface area (Å²) in [5.41, 5.74) is 5.97. The van der Waals surface area contributed by atoms with Gasteiger partial charge in [0, 0.05) is 24.8 Å². The molecule has 2 aromatic carbocycles. The van der Waals surface area contributed by atoms with Crippen molar-refractivity contribution in [3.63, 3.8) is 0 Å². The van der Waals surface area contributed by atoms with Gasteiger partial charge in [-0.1, -0.05) is 67.9 Å². The third-order valence-electron chi connectivity index (χ3n) is 12.2. The predicted octanol–water partition coefficient (Wildman–Crippen LogP) is 9.23. The van der Waals surface area contributed by atoms with E-state index in [0.717, 1.165) is 70.7 Å². The van der Waals surface area contributed by atoms with Gasteiger partial charge in [0.2, 0.25) is 0 Å². The van der Waals surface area contributed by atoms with Gasteiger partial charge in [-0.25, -0.2) is 9.97 Å². The van der Waals surface area contributed by atoms with Crippen LogP contribution in [0.15, 0.2) is 30.3 Å². The second kappa shape index (κ2) is 16.2. The molecule has 2 saturated carbocycles. The van der Waals surface area contributed by atoms with Crippen LogP contribution in [0.2, 0.25) is 0 Å². The first-order valence-electron chi connectivity index (χ1n) is 20.2. The van der Waals surface area contributed by atoms with Crippen LogP contribution in [-0.2, 0) is 45.0 Å². The molecule has 0 spiro atoms. The molecule has 0 bridgehead atoms. The summed E-state index contributed by atoms with van der Waals surface area (Å²) in [5, 5.41) is 0. The van der Waals surface area contributed by atoms with E-state index in [0.29, 0.717) is 36.5 Å². The van der Waals surface area contributed by atoms with E-state index in [1.165, 1.54) is 12.0 Å². The molecule has 0 radical (unpaired) electrons. The van der Waals surface area contributed by atoms with Crippen LogP contribution < -0.4 is 4.74 Å². The molecule has 0 amide bonds. The fraction of sp³-hybridized carbons (Fsp3) is 0.636. The number of imidazole rings is 2. The molecule has 288 valence electrons. The van der Waals surface area contributed by atoms with Crippen LogP contribution in [-0.4, -0.2) is 50.4 Å². The van der Waals surface area contributed by atoms with Crippen LogP contribution in [0.1, 0.15) is 116 Å². The summed E-state index contributed by atoms with van der Waals surface area (Å²) in [6, 6.07) is 10.2. The second-order valence-corrected chi connectivity index (χ2v) is 16.9. The average Bonchev–Trinajstić information content (AvgIpc) is 3.63. The molecule has 4 unspecified atom stereocenters. The lowest BCUT2D eigenvalue weighted by molar-refractivity contribution is -0.158. The molecule has 7 atom stereocenters. The largest absolute Gasteiger partial charge is 0.497 e. The molecule has 9 heteroatoms. The molecule has 2 aromatic heterocycles. The van der Waals surface area contributed by atoms with Crippen molar-refractivity contribution in [2.24, 2.45) is 35.5 Å². The van der Waals surface area contributed by atoms with E-state index in [2.05, 4.69) is 79.0 Å². The average molecular weight is 727 g/mol. The van der Waals surface area contributed by atoms with Crippen LogP contribution >= 0.6 is 0 Å². The van der Waals surface area contributed by atoms with Gasteiger partial charge in [-0.05, 0) is 97.4 Å². The van der Waals surface area contributed by atoms with Crippen molar-refractivity contribution in [1.82, 2.24) is 19.1 Å². The highest BCUT2D eigenvalue weighted by molar-refractivity contribution is 5.84. The van der Waals surface area contributed by atoms with Crippen molar-refractivity contribution in [1.29, 1.82) is 0 Å². The van der Waals surface area contributed by atoms with Gasteiger partial charge < -0.3 is 23.3 Å². The Hall–Kier alpha value is -3.88. The van der Waals surface area contributed by atoms with Crippen molar-refractivity contribution in [3.8, 4) is 5.75 Å². The lowest BCUT2D eigenvalue weighted by atomic mass is 9.65. The quantitative estimate of drug-likeness (QED) is 0.134. The first-order valence-corrected chi connectivity index (χ1v) is 20.2. The number of ether oxygens (including phenoxy) is 3. The van der Waals surface area contributed by atoms with Gasteiger partial charge in [0.1, 0.15) is 42.7 Å². The minimum atomic E-state index is -0.247. The molecule has 2 heterocycles. The summed E-state index contributed by atoms with van der Waals surface area (Å²) in [6.45, 7) is 20.1. The molecule has 2 aliphatic rings. The van der Waals surface area contributed by atoms with Crippen molar-refractivity contribution in [2.75, 3.05) is 7.11 Å². The number of hydrogen-bond acceptors (Lipinski definition) is 7. The minimum Gasteiger partial charge on any atom is -0.497 e. The Morgan fingerprint density at radius 3 is 2.08 bits per heavy atom. The molecule has 4 aromatic rings. The van der Waals surface area contributed by atoms with Crippen LogP contribution in [0.4, 0.5) is 0 Å². The smallest absolute Gasteiger partial charge is 0.326 e. The number of aromatic nitrogens is 4. The van der Waals surface area contributed by atoms with Gasteiger partial charge >= 0.3 is 11.9 Å². The van der Waals surface area contributed by atoms with Gasteiger partial charge in [-0.3, -0.25) is 9.59 Å². The molecule has 0 saturated heterocycles. The number of rotatable bonds is 12. The van der Waals surface area contributed by atoms with E-state index in [9.17, 15) is 9.59 Å². The van der Waals surface area contributed by atoms with E-state index in [4.69, 9.17) is 24.2 Å². The van der Waals surface area contributed by atoms with Crippen molar-refractivity contribution in [3.05, 3.63) is 53.1 Å². The van der Waals surface area contributed by atoms with Crippen molar-refractivity contribution in [2.45, 2.75) is 138 Å². The Kier molecular flexibility index (Phi) is 11.9. The molecule has 0 N–H and O–H groups in total. The molecule has 53 heavy (non-hydrogen) atoms. The molecule has 2 aliphatic carbocycles. The highest BCUT2D eigenvalue weighted by Crippen LogP contribution is 2.47. The minimum absolute atomic E-state index is 0.0394. The normalized spacial score (nSPS) is 25.0. The summed E-state index contributed by atoms with van der Waals surface area (Å²) < 4.78 is 22.3. The first kappa shape index (κ1) is 38.8. The number of carbonyl (C=O) groups is 2. The number of methoxy groups -OCH3 is 1. The summed E-state index contributed by atoms with van der Waals surface area (Å²) in [6.07, 6.45) is 6.16. The Morgan fingerprint density at radius 1 is 0.792 bits per heavy atom. The van der Waals surface area contributed by atoms with Gasteiger partial charge in [0.25, 0.3) is 0 Å². The van der Waals surface area contributed by atoms with Crippen LogP contribution in [0.3, 0.4) is 0 Å². The summed E-state index contributed by atoms with van der Waals surface area (Å²) in [7, 11) is 1.65. The maximum absolute atomic E-state index is 13.9. The van der Waals surface area contributed by atoms with E-state index in [1.807, 2.05) is 22.8 Å². The van der Waals surface area contributed by atoms with Gasteiger partial charge in [0.15, 0.2) is 0 Å². The zero-order valence-corrected chi connectivity index (χ0v) is 33.8. The first-order chi connectivity index (χ1) is 25.3. The van der Waals surface area contributed by atoms with Crippen LogP contribution in [0.5, 0.6) is 5.75 Å². The highest BCUT2D eigenvalue weighted by atomic mass is 16.5. The van der Waals surface area contributed by atoms with Crippen LogP contribution in [0, 0.1) is 42.4 Å². The Balaban J connectivity index is 1.28. The molecular weight excluding hydrogens is 665 g/mol. The fourth-order valence-electron chi connectivity index (χ4n) is 9.67. The Bertz CT molecular complexity index is 1920. The maximum atomic E-state index is 13.9. The monoisotopic (exact) mass is 726 g/mol. The second-order valence-electron chi connectivity index (χ2n) is 16.9. The third-order valence-corrected chi connectivity index (χ3v) is 12.2. The third kappa shape index (κ3) is 8.14. The molecule has 2 fully saturated rings. The van der Waals surface area contributed by atoms with Crippen LogP contribution in [0.25, 0.3) is 22.1 Å². The zero-order valence-electron chi connectivity index (χ0n) is 33.8. The standard InChI is InChI=1S/C44H62N4O5/c1-11-39-45-34-16-14-30(51-10)22-35(34)47(39)23-42(50)53-38-21-29(9)17-32(43(38)26(5)6)33-18-28(8)19-36-44(33)46-40(12-2)48(36)24-41(49)52-37-20-27(7)13-15-31(37)25(3)4/h14,16,18-19,22,25-27,29,31-32,37-38,43H,11-13,15,17,20-21,23-24H2,1-10H3/t27?,29?,31-,32?,37+,38+,43?/m0/s1. The molecular formula is C44H62N4O5. The number of carbonyl (C=O) groups excluding carboxylic acids is 2. The molecule has 0 aliphatic heterocycles. The summed E-state index contributed by atoms with van der Waals surface area (Å²) in [4.78, 5) is 37.6. The summed E-state index contributed by atoms with van der Waals surface area (Å²) >= 11 is 0. The van der Waals surface area contributed by atoms with Crippen molar-refractivity contribution < 1.29 is 23.8 Å². The number of hydrogen-bond donors (Lipinski definition) is 0. The number of esters is 2. The zero-order chi connectivity index (χ0) is 38.1. The maximum Gasteiger partial charge on any atom is 0.326 e. The van der Waals surface area contributed by atoms with E-state index in [1.54, 1.807) is 7.11 Å². The predicted molar refractivity (Wildman–Crippen MR) is 210 cm³/mol. The topological polar surface area (TPSA) is 97.5 Å². The summed E-state index contributed by atoms with van der Waals surface area (Å²) in [5.74, 6) is 4.33. The lowest BCUT2D eigenvalue weighted by Gasteiger charge is -2.43. The molecule has 6 rings (SSSR count). The fourth-order valence-corrected chi connectivity index (χ4v) is 9.67. The number of aryl methyl sites for hydroxylation is 3.